The van der Waals surface area contributed by atoms with Crippen LogP contribution in [0.5, 0.6) is 0 Å². The zero-order valence-corrected chi connectivity index (χ0v) is 10.4. The summed E-state index contributed by atoms with van der Waals surface area (Å²) in [4.78, 5) is 37.4. The fraction of sp³-hybridized carbons (Fsp3) is 0.727. The van der Waals surface area contributed by atoms with Gasteiger partial charge in [0.1, 0.15) is 6.54 Å². The third-order valence-electron chi connectivity index (χ3n) is 2.59. The summed E-state index contributed by atoms with van der Waals surface area (Å²) in [6, 6.07) is -0.00352. The zero-order chi connectivity index (χ0) is 13.0. The molecule has 1 fully saturated rings. The topological polar surface area (TPSA) is 66.9 Å². The minimum atomic E-state index is -0.627. The Morgan fingerprint density at radius 3 is 2.47 bits per heavy atom. The summed E-state index contributed by atoms with van der Waals surface area (Å²) in [6.45, 7) is 6.36. The number of amides is 2. The van der Waals surface area contributed by atoms with Crippen molar-refractivity contribution in [3.05, 3.63) is 0 Å². The molecule has 2 amide bonds. The van der Waals surface area contributed by atoms with E-state index >= 15 is 0 Å². The van der Waals surface area contributed by atoms with Crippen LogP contribution in [0.3, 0.4) is 0 Å². The molecule has 0 atom stereocenters. The van der Waals surface area contributed by atoms with Crippen molar-refractivity contribution in [2.45, 2.75) is 26.8 Å². The van der Waals surface area contributed by atoms with Gasteiger partial charge in [-0.15, -0.1) is 0 Å². The Hall–Kier alpha value is -1.59. The highest BCUT2D eigenvalue weighted by Gasteiger charge is 2.34. The van der Waals surface area contributed by atoms with E-state index in [4.69, 9.17) is 4.74 Å². The fourth-order valence-corrected chi connectivity index (χ4v) is 1.70. The Morgan fingerprint density at radius 2 is 1.94 bits per heavy atom. The minimum absolute atomic E-state index is 0.00352. The van der Waals surface area contributed by atoms with E-state index in [1.54, 1.807) is 6.92 Å². The molecule has 1 saturated heterocycles. The Balaban J connectivity index is 2.60. The number of rotatable bonds is 4. The molecule has 0 spiro atoms. The summed E-state index contributed by atoms with van der Waals surface area (Å²) in [5.41, 5.74) is 0. The Labute approximate surface area is 101 Å². The maximum absolute atomic E-state index is 11.7. The number of esters is 1. The second kappa shape index (κ2) is 5.65. The molecule has 0 N–H and O–H groups in total. The van der Waals surface area contributed by atoms with Crippen molar-refractivity contribution in [2.75, 3.05) is 26.2 Å². The largest absolute Gasteiger partial charge is 0.465 e. The molecule has 0 aromatic heterocycles. The summed E-state index contributed by atoms with van der Waals surface area (Å²) in [7, 11) is 0. The van der Waals surface area contributed by atoms with E-state index < -0.39 is 17.8 Å². The second-order valence-corrected chi connectivity index (χ2v) is 4.12. The first-order valence-electron chi connectivity index (χ1n) is 5.72. The van der Waals surface area contributed by atoms with Crippen LogP contribution in [0.1, 0.15) is 20.8 Å². The zero-order valence-electron chi connectivity index (χ0n) is 10.4. The molecule has 0 saturated carbocycles. The van der Waals surface area contributed by atoms with Crippen molar-refractivity contribution in [3.8, 4) is 0 Å². The van der Waals surface area contributed by atoms with E-state index in [2.05, 4.69) is 0 Å². The highest BCUT2D eigenvalue weighted by molar-refractivity contribution is 6.35. The normalized spacial score (nSPS) is 16.7. The predicted molar refractivity (Wildman–Crippen MR) is 60.1 cm³/mol. The van der Waals surface area contributed by atoms with Gasteiger partial charge in [-0.1, -0.05) is 0 Å². The van der Waals surface area contributed by atoms with Gasteiger partial charge in [-0.25, -0.2) is 0 Å². The molecule has 96 valence electrons. The molecular formula is C11H18N2O4. The van der Waals surface area contributed by atoms with Crippen LogP contribution in [0, 0.1) is 0 Å². The average molecular weight is 242 g/mol. The van der Waals surface area contributed by atoms with Crippen molar-refractivity contribution >= 4 is 17.8 Å². The lowest BCUT2D eigenvalue weighted by Gasteiger charge is -2.35. The van der Waals surface area contributed by atoms with Crippen LogP contribution in [0.2, 0.25) is 0 Å². The van der Waals surface area contributed by atoms with Crippen LogP contribution in [0.4, 0.5) is 0 Å². The number of ether oxygens (including phenoxy) is 1. The summed E-state index contributed by atoms with van der Waals surface area (Å²) in [6.07, 6.45) is 0. The van der Waals surface area contributed by atoms with Gasteiger partial charge in [-0.05, 0) is 20.8 Å². The molecule has 6 nitrogen and oxygen atoms in total. The maximum Gasteiger partial charge on any atom is 0.325 e. The first-order valence-corrected chi connectivity index (χ1v) is 5.72. The summed E-state index contributed by atoms with van der Waals surface area (Å²) in [5.74, 6) is -1.65. The van der Waals surface area contributed by atoms with E-state index in [1.807, 2.05) is 13.8 Å². The summed E-state index contributed by atoms with van der Waals surface area (Å²) in [5, 5.41) is 0. The SMILES string of the molecule is CCOC(=O)CN1CCN(C(C)C)C(=O)C1=O. The van der Waals surface area contributed by atoms with Crippen LogP contribution in [0.15, 0.2) is 0 Å². The number of carbonyl (C=O) groups excluding carboxylic acids is 3. The standard InChI is InChI=1S/C11H18N2O4/c1-4-17-9(14)7-12-5-6-13(8(2)3)11(16)10(12)15/h8H,4-7H2,1-3H3. The lowest BCUT2D eigenvalue weighted by atomic mass is 10.2. The quantitative estimate of drug-likeness (QED) is 0.498. The van der Waals surface area contributed by atoms with Crippen LogP contribution in [-0.4, -0.2) is 59.9 Å². The van der Waals surface area contributed by atoms with Gasteiger partial charge in [-0.2, -0.15) is 0 Å². The van der Waals surface area contributed by atoms with E-state index in [9.17, 15) is 14.4 Å². The first kappa shape index (κ1) is 13.5. The highest BCUT2D eigenvalue weighted by atomic mass is 16.5. The van der Waals surface area contributed by atoms with E-state index in [-0.39, 0.29) is 19.2 Å². The molecule has 0 radical (unpaired) electrons. The maximum atomic E-state index is 11.7. The predicted octanol–water partition coefficient (Wildman–Crippen LogP) is -0.371. The van der Waals surface area contributed by atoms with E-state index in [0.717, 1.165) is 0 Å². The molecule has 1 aliphatic heterocycles. The number of nitrogens with zero attached hydrogens (tertiary/aromatic N) is 2. The molecule has 0 aliphatic carbocycles. The van der Waals surface area contributed by atoms with Gasteiger partial charge in [0.15, 0.2) is 0 Å². The van der Waals surface area contributed by atoms with Gasteiger partial charge in [0.05, 0.1) is 6.61 Å². The van der Waals surface area contributed by atoms with Crippen LogP contribution < -0.4 is 0 Å². The number of carbonyl (C=O) groups is 3. The highest BCUT2D eigenvalue weighted by Crippen LogP contribution is 2.08. The molecule has 0 aromatic rings. The Bertz CT molecular complexity index is 327. The number of piperazine rings is 1. The number of hydrogen-bond donors (Lipinski definition) is 0. The molecule has 1 heterocycles. The molecule has 6 heteroatoms. The van der Waals surface area contributed by atoms with Gasteiger partial charge in [0.2, 0.25) is 0 Å². The molecule has 0 unspecified atom stereocenters. The lowest BCUT2D eigenvalue weighted by molar-refractivity contribution is -0.160. The van der Waals surface area contributed by atoms with Crippen LogP contribution in [0.25, 0.3) is 0 Å². The van der Waals surface area contributed by atoms with Gasteiger partial charge < -0.3 is 14.5 Å². The van der Waals surface area contributed by atoms with Gasteiger partial charge >= 0.3 is 17.8 Å². The Kier molecular flexibility index (Phi) is 4.48. The third-order valence-corrected chi connectivity index (χ3v) is 2.59. The average Bonchev–Trinajstić information content (AvgIpc) is 2.25. The molecule has 17 heavy (non-hydrogen) atoms. The smallest absolute Gasteiger partial charge is 0.325 e. The third kappa shape index (κ3) is 3.18. The van der Waals surface area contributed by atoms with Gasteiger partial charge in [0, 0.05) is 19.1 Å². The van der Waals surface area contributed by atoms with Crippen molar-refractivity contribution in [1.82, 2.24) is 9.80 Å². The van der Waals surface area contributed by atoms with Crippen molar-refractivity contribution < 1.29 is 19.1 Å². The number of hydrogen-bond acceptors (Lipinski definition) is 4. The molecule has 0 aromatic carbocycles. The van der Waals surface area contributed by atoms with Crippen LogP contribution >= 0.6 is 0 Å². The summed E-state index contributed by atoms with van der Waals surface area (Å²) < 4.78 is 4.74. The first-order chi connectivity index (χ1) is 7.97. The molecule has 0 bridgehead atoms. The Morgan fingerprint density at radius 1 is 1.29 bits per heavy atom. The van der Waals surface area contributed by atoms with E-state index in [0.29, 0.717) is 13.1 Å². The van der Waals surface area contributed by atoms with Gasteiger partial charge in [0.25, 0.3) is 0 Å². The van der Waals surface area contributed by atoms with Crippen molar-refractivity contribution in [2.24, 2.45) is 0 Å². The summed E-state index contributed by atoms with van der Waals surface area (Å²) >= 11 is 0. The molecule has 1 aliphatic rings. The molecule has 1 rings (SSSR count). The molecular weight excluding hydrogens is 224 g/mol. The lowest BCUT2D eigenvalue weighted by Crippen LogP contribution is -2.57. The minimum Gasteiger partial charge on any atom is -0.465 e. The van der Waals surface area contributed by atoms with Crippen LogP contribution in [-0.2, 0) is 19.1 Å². The fourth-order valence-electron chi connectivity index (χ4n) is 1.70. The van der Waals surface area contributed by atoms with Crippen molar-refractivity contribution in [1.29, 1.82) is 0 Å². The monoisotopic (exact) mass is 242 g/mol. The van der Waals surface area contributed by atoms with E-state index in [1.165, 1.54) is 9.80 Å². The van der Waals surface area contributed by atoms with Crippen molar-refractivity contribution in [3.63, 3.8) is 0 Å². The van der Waals surface area contributed by atoms with Gasteiger partial charge in [-0.3, -0.25) is 14.4 Å². The second-order valence-electron chi connectivity index (χ2n) is 4.12.